The van der Waals surface area contributed by atoms with Crippen LogP contribution < -0.4 is 11.1 Å². The lowest BCUT2D eigenvalue weighted by Gasteiger charge is -2.16. The average Bonchev–Trinajstić information content (AvgIpc) is 2.83. The summed E-state index contributed by atoms with van der Waals surface area (Å²) in [6, 6.07) is 24.2. The molecule has 0 bridgehead atoms. The third-order valence-electron chi connectivity index (χ3n) is 5.19. The van der Waals surface area contributed by atoms with E-state index in [0.717, 1.165) is 16.5 Å². The predicted octanol–water partition coefficient (Wildman–Crippen LogP) is 3.29. The van der Waals surface area contributed by atoms with Gasteiger partial charge in [0.1, 0.15) is 6.04 Å². The van der Waals surface area contributed by atoms with Crippen LogP contribution in [-0.4, -0.2) is 28.6 Å². The maximum Gasteiger partial charge on any atom is 0.253 e. The second-order valence-corrected chi connectivity index (χ2v) is 7.44. The molecule has 6 heteroatoms. The van der Waals surface area contributed by atoms with Crippen LogP contribution in [0, 0.1) is 0 Å². The first-order valence-corrected chi connectivity index (χ1v) is 10.1. The summed E-state index contributed by atoms with van der Waals surface area (Å²) in [6.45, 7) is 0. The molecular weight excluding hydrogens is 402 g/mol. The topological polar surface area (TPSA) is 102 Å². The van der Waals surface area contributed by atoms with Crippen LogP contribution in [0.2, 0.25) is 0 Å². The zero-order chi connectivity index (χ0) is 22.5. The van der Waals surface area contributed by atoms with Crippen LogP contribution in [-0.2, 0) is 11.2 Å². The van der Waals surface area contributed by atoms with E-state index in [2.05, 4.69) is 10.3 Å². The van der Waals surface area contributed by atoms with Gasteiger partial charge in [0.15, 0.2) is 5.78 Å². The Morgan fingerprint density at radius 3 is 2.19 bits per heavy atom. The molecule has 0 saturated carbocycles. The molecule has 0 unspecified atom stereocenters. The molecule has 3 aromatic carbocycles. The molecule has 0 spiro atoms. The molecule has 0 radical (unpaired) electrons. The molecule has 2 amide bonds. The Morgan fingerprint density at radius 1 is 0.812 bits per heavy atom. The monoisotopic (exact) mass is 423 g/mol. The number of primary amides is 1. The van der Waals surface area contributed by atoms with Crippen LogP contribution in [0.1, 0.15) is 31.8 Å². The van der Waals surface area contributed by atoms with E-state index in [9.17, 15) is 14.4 Å². The molecule has 0 aliphatic heterocycles. The zero-order valence-electron chi connectivity index (χ0n) is 17.2. The molecule has 4 rings (SSSR count). The van der Waals surface area contributed by atoms with Crippen molar-refractivity contribution in [2.45, 2.75) is 12.5 Å². The average molecular weight is 423 g/mol. The van der Waals surface area contributed by atoms with E-state index in [1.165, 1.54) is 6.20 Å². The number of nitrogens with zero attached hydrogens (tertiary/aromatic N) is 1. The van der Waals surface area contributed by atoms with Crippen molar-refractivity contribution in [3.8, 4) is 0 Å². The highest BCUT2D eigenvalue weighted by molar-refractivity contribution is 6.09. The molecule has 1 aromatic heterocycles. The standard InChI is InChI=1S/C26H21N3O3/c27-25(31)23(29-26(32)21-15-20-8-4-5-9-22(20)28-16-21)14-17-10-12-19(13-11-17)24(30)18-6-2-1-3-7-18/h1-13,15-16,23H,14H2,(H2,27,31)(H,29,32)/t23-/m1/s1. The number of ketones is 1. The number of pyridine rings is 1. The third kappa shape index (κ3) is 4.70. The summed E-state index contributed by atoms with van der Waals surface area (Å²) >= 11 is 0. The highest BCUT2D eigenvalue weighted by Gasteiger charge is 2.20. The number of rotatable bonds is 7. The van der Waals surface area contributed by atoms with Gasteiger partial charge in [0.2, 0.25) is 5.91 Å². The summed E-state index contributed by atoms with van der Waals surface area (Å²) in [6.07, 6.45) is 1.68. The van der Waals surface area contributed by atoms with E-state index in [-0.39, 0.29) is 12.2 Å². The molecule has 0 fully saturated rings. The van der Waals surface area contributed by atoms with E-state index in [1.54, 1.807) is 42.5 Å². The lowest BCUT2D eigenvalue weighted by molar-refractivity contribution is -0.119. The number of benzene rings is 3. The molecule has 32 heavy (non-hydrogen) atoms. The fraction of sp³-hybridized carbons (Fsp3) is 0.0769. The SMILES string of the molecule is NC(=O)[C@@H](Cc1ccc(C(=O)c2ccccc2)cc1)NC(=O)c1cnc2ccccc2c1. The number of para-hydroxylation sites is 1. The Balaban J connectivity index is 1.46. The van der Waals surface area contributed by atoms with Crippen molar-refractivity contribution >= 4 is 28.5 Å². The van der Waals surface area contributed by atoms with Crippen LogP contribution in [0.25, 0.3) is 10.9 Å². The molecule has 0 aliphatic rings. The first-order valence-electron chi connectivity index (χ1n) is 10.1. The van der Waals surface area contributed by atoms with E-state index in [0.29, 0.717) is 16.7 Å². The summed E-state index contributed by atoms with van der Waals surface area (Å²) in [5.74, 6) is -1.15. The Kier molecular flexibility index (Phi) is 6.03. The van der Waals surface area contributed by atoms with Gasteiger partial charge in [-0.2, -0.15) is 0 Å². The summed E-state index contributed by atoms with van der Waals surface area (Å²) in [5.41, 5.74) is 8.58. The van der Waals surface area contributed by atoms with Crippen LogP contribution in [0.15, 0.2) is 91.1 Å². The van der Waals surface area contributed by atoms with Crippen molar-refractivity contribution in [2.75, 3.05) is 0 Å². The first kappa shape index (κ1) is 20.9. The number of nitrogens with two attached hydrogens (primary N) is 1. The molecule has 158 valence electrons. The molecule has 6 nitrogen and oxygen atoms in total. The largest absolute Gasteiger partial charge is 0.368 e. The molecule has 0 aliphatic carbocycles. The van der Waals surface area contributed by atoms with Gasteiger partial charge in [-0.25, -0.2) is 0 Å². The number of aromatic nitrogens is 1. The van der Waals surface area contributed by atoms with Crippen LogP contribution in [0.4, 0.5) is 0 Å². The van der Waals surface area contributed by atoms with Gasteiger partial charge in [-0.05, 0) is 17.7 Å². The van der Waals surface area contributed by atoms with E-state index in [4.69, 9.17) is 5.73 Å². The van der Waals surface area contributed by atoms with E-state index < -0.39 is 17.9 Å². The van der Waals surface area contributed by atoms with Crippen molar-refractivity contribution in [1.29, 1.82) is 0 Å². The number of hydrogen-bond donors (Lipinski definition) is 2. The van der Waals surface area contributed by atoms with Crippen molar-refractivity contribution < 1.29 is 14.4 Å². The summed E-state index contributed by atoms with van der Waals surface area (Å²) < 4.78 is 0. The van der Waals surface area contributed by atoms with Crippen molar-refractivity contribution in [2.24, 2.45) is 5.73 Å². The summed E-state index contributed by atoms with van der Waals surface area (Å²) in [7, 11) is 0. The Morgan fingerprint density at radius 2 is 1.47 bits per heavy atom. The normalized spacial score (nSPS) is 11.6. The molecule has 1 atom stereocenters. The van der Waals surface area contributed by atoms with Gasteiger partial charge in [0, 0.05) is 29.1 Å². The lowest BCUT2D eigenvalue weighted by atomic mass is 9.99. The highest BCUT2D eigenvalue weighted by Crippen LogP contribution is 2.14. The predicted molar refractivity (Wildman–Crippen MR) is 122 cm³/mol. The Bertz CT molecular complexity index is 1280. The van der Waals surface area contributed by atoms with Crippen LogP contribution in [0.5, 0.6) is 0 Å². The molecule has 4 aromatic rings. The fourth-order valence-corrected chi connectivity index (χ4v) is 3.44. The number of fused-ring (bicyclic) bond motifs is 1. The minimum absolute atomic E-state index is 0.0827. The van der Waals surface area contributed by atoms with Crippen LogP contribution >= 0.6 is 0 Å². The second-order valence-electron chi connectivity index (χ2n) is 7.44. The van der Waals surface area contributed by atoms with Gasteiger partial charge in [-0.1, -0.05) is 72.8 Å². The van der Waals surface area contributed by atoms with Gasteiger partial charge in [0.25, 0.3) is 5.91 Å². The van der Waals surface area contributed by atoms with E-state index >= 15 is 0 Å². The highest BCUT2D eigenvalue weighted by atomic mass is 16.2. The van der Waals surface area contributed by atoms with Gasteiger partial charge in [-0.3, -0.25) is 19.4 Å². The molecule has 0 saturated heterocycles. The quantitative estimate of drug-likeness (QED) is 0.445. The smallest absolute Gasteiger partial charge is 0.253 e. The van der Waals surface area contributed by atoms with Gasteiger partial charge >= 0.3 is 0 Å². The number of carbonyl (C=O) groups is 3. The number of carbonyl (C=O) groups excluding carboxylic acids is 3. The third-order valence-corrected chi connectivity index (χ3v) is 5.19. The van der Waals surface area contributed by atoms with Gasteiger partial charge in [0.05, 0.1) is 11.1 Å². The Hall–Kier alpha value is -4.32. The maximum atomic E-state index is 12.7. The zero-order valence-corrected chi connectivity index (χ0v) is 17.2. The first-order chi connectivity index (χ1) is 15.5. The van der Waals surface area contributed by atoms with Gasteiger partial charge in [-0.15, -0.1) is 0 Å². The number of hydrogen-bond acceptors (Lipinski definition) is 4. The summed E-state index contributed by atoms with van der Waals surface area (Å²) in [5, 5.41) is 3.52. The van der Waals surface area contributed by atoms with Gasteiger partial charge < -0.3 is 11.1 Å². The van der Waals surface area contributed by atoms with Crippen molar-refractivity contribution in [1.82, 2.24) is 10.3 Å². The van der Waals surface area contributed by atoms with E-state index in [1.807, 2.05) is 42.5 Å². The molecule has 3 N–H and O–H groups in total. The number of nitrogens with one attached hydrogen (secondary N) is 1. The fourth-order valence-electron chi connectivity index (χ4n) is 3.44. The lowest BCUT2D eigenvalue weighted by Crippen LogP contribution is -2.45. The minimum Gasteiger partial charge on any atom is -0.368 e. The Labute approximate surface area is 185 Å². The molecular formula is C26H21N3O3. The van der Waals surface area contributed by atoms with Crippen LogP contribution in [0.3, 0.4) is 0 Å². The second kappa shape index (κ2) is 9.22. The van der Waals surface area contributed by atoms with Crippen molar-refractivity contribution in [3.63, 3.8) is 0 Å². The maximum absolute atomic E-state index is 12.7. The molecule has 1 heterocycles. The number of amides is 2. The van der Waals surface area contributed by atoms with Crippen molar-refractivity contribution in [3.05, 3.63) is 113 Å². The summed E-state index contributed by atoms with van der Waals surface area (Å²) in [4.78, 5) is 41.5. The minimum atomic E-state index is -0.898.